The summed E-state index contributed by atoms with van der Waals surface area (Å²) in [5.41, 5.74) is -0.790. The Morgan fingerprint density at radius 3 is 2.50 bits per heavy atom. The van der Waals surface area contributed by atoms with E-state index in [4.69, 9.17) is 18.9 Å². The summed E-state index contributed by atoms with van der Waals surface area (Å²) < 4.78 is 21.9. The van der Waals surface area contributed by atoms with Crippen LogP contribution < -0.4 is 20.1 Å². The summed E-state index contributed by atoms with van der Waals surface area (Å²) in [5, 5.41) is 37.4. The standard InChI is InChI=1S/C22H25N5O7/c1-22(20(32-3)33-4)19(28)18(16-11-14(27(29)30)7-10-17(16)34-22)26-21(24-12-23)25-13-5-8-15(31-2)9-6-13/h5-11,18-20,28H,1-4H3,(H2,24,25,26)/t18-,19+,22+/m0/s1. The molecular weight excluding hydrogens is 446 g/mol. The number of aliphatic imine (C=N–C) groups is 1. The number of guanidine groups is 1. The smallest absolute Gasteiger partial charge is 0.270 e. The van der Waals surface area contributed by atoms with Crippen LogP contribution in [0.25, 0.3) is 0 Å². The van der Waals surface area contributed by atoms with E-state index in [1.54, 1.807) is 44.5 Å². The number of methoxy groups -OCH3 is 3. The van der Waals surface area contributed by atoms with E-state index in [0.717, 1.165) is 0 Å². The maximum absolute atomic E-state index is 11.4. The molecule has 0 saturated carbocycles. The van der Waals surface area contributed by atoms with Gasteiger partial charge in [-0.25, -0.2) is 4.99 Å². The lowest BCUT2D eigenvalue weighted by atomic mass is 9.84. The van der Waals surface area contributed by atoms with Crippen LogP contribution in [0.4, 0.5) is 11.4 Å². The first kappa shape index (κ1) is 24.7. The highest BCUT2D eigenvalue weighted by Gasteiger charge is 2.52. The van der Waals surface area contributed by atoms with Crippen LogP contribution in [0, 0.1) is 21.6 Å². The number of benzene rings is 2. The van der Waals surface area contributed by atoms with Crippen LogP contribution in [0.1, 0.15) is 18.5 Å². The fourth-order valence-corrected chi connectivity index (χ4v) is 3.75. The van der Waals surface area contributed by atoms with Crippen molar-refractivity contribution in [2.24, 2.45) is 4.99 Å². The summed E-state index contributed by atoms with van der Waals surface area (Å²) in [7, 11) is 4.33. The summed E-state index contributed by atoms with van der Waals surface area (Å²) in [4.78, 5) is 15.3. The number of aliphatic hydroxyl groups excluding tert-OH is 1. The fourth-order valence-electron chi connectivity index (χ4n) is 3.75. The molecule has 0 radical (unpaired) electrons. The van der Waals surface area contributed by atoms with E-state index in [1.807, 2.05) is 0 Å². The predicted molar refractivity (Wildman–Crippen MR) is 121 cm³/mol. The zero-order valence-electron chi connectivity index (χ0n) is 19.0. The van der Waals surface area contributed by atoms with E-state index in [-0.39, 0.29) is 23.0 Å². The molecule has 0 aromatic heterocycles. The fraction of sp³-hybridized carbons (Fsp3) is 0.364. The van der Waals surface area contributed by atoms with Crippen molar-refractivity contribution < 1.29 is 29.0 Å². The molecule has 3 atom stereocenters. The van der Waals surface area contributed by atoms with E-state index in [9.17, 15) is 20.5 Å². The number of ether oxygens (including phenoxy) is 4. The van der Waals surface area contributed by atoms with E-state index < -0.39 is 29.0 Å². The Kier molecular flexibility index (Phi) is 7.52. The van der Waals surface area contributed by atoms with Crippen LogP contribution >= 0.6 is 0 Å². The largest absolute Gasteiger partial charge is 0.497 e. The number of anilines is 1. The van der Waals surface area contributed by atoms with Crippen molar-refractivity contribution in [3.05, 3.63) is 58.1 Å². The van der Waals surface area contributed by atoms with Crippen molar-refractivity contribution in [1.29, 1.82) is 5.26 Å². The second-order valence-electron chi connectivity index (χ2n) is 7.53. The molecule has 1 aliphatic rings. The highest BCUT2D eigenvalue weighted by Crippen LogP contribution is 2.45. The van der Waals surface area contributed by atoms with E-state index in [2.05, 4.69) is 15.6 Å². The van der Waals surface area contributed by atoms with E-state index >= 15 is 0 Å². The van der Waals surface area contributed by atoms with Gasteiger partial charge in [-0.3, -0.25) is 15.4 Å². The minimum atomic E-state index is -1.43. The van der Waals surface area contributed by atoms with Crippen LogP contribution in [-0.2, 0) is 9.47 Å². The molecule has 12 heteroatoms. The van der Waals surface area contributed by atoms with Gasteiger partial charge in [-0.15, -0.1) is 0 Å². The van der Waals surface area contributed by atoms with Gasteiger partial charge in [0.25, 0.3) is 5.69 Å². The topological polar surface area (TPSA) is 160 Å². The molecule has 0 spiro atoms. The van der Waals surface area contributed by atoms with Crippen molar-refractivity contribution in [2.45, 2.75) is 31.0 Å². The summed E-state index contributed by atoms with van der Waals surface area (Å²) in [5.74, 6) is 0.899. The Labute approximate surface area is 195 Å². The predicted octanol–water partition coefficient (Wildman–Crippen LogP) is 2.31. The third-order valence-electron chi connectivity index (χ3n) is 5.43. The van der Waals surface area contributed by atoms with Crippen molar-refractivity contribution >= 4 is 17.3 Å². The molecule has 2 aromatic carbocycles. The van der Waals surface area contributed by atoms with Crippen LogP contribution in [-0.4, -0.2) is 55.3 Å². The Morgan fingerprint density at radius 2 is 1.94 bits per heavy atom. The molecule has 0 unspecified atom stereocenters. The Hall–Kier alpha value is -3.92. The number of hydrogen-bond acceptors (Lipinski definition) is 9. The van der Waals surface area contributed by atoms with Gasteiger partial charge in [0.1, 0.15) is 23.6 Å². The molecular formula is C22H25N5O7. The van der Waals surface area contributed by atoms with Crippen LogP contribution in [0.2, 0.25) is 0 Å². The SMILES string of the molecule is COc1ccc(NC(=N[C@H]2c3cc([N+](=O)[O-])ccc3O[C@@](C)(C(OC)OC)[C@@H]2O)NC#N)cc1. The van der Waals surface area contributed by atoms with Gasteiger partial charge in [0, 0.05) is 37.6 Å². The third-order valence-corrected chi connectivity index (χ3v) is 5.43. The molecule has 1 heterocycles. The zero-order chi connectivity index (χ0) is 24.9. The molecule has 3 rings (SSSR count). The Morgan fingerprint density at radius 1 is 1.26 bits per heavy atom. The van der Waals surface area contributed by atoms with Gasteiger partial charge in [0.2, 0.25) is 5.96 Å². The average Bonchev–Trinajstić information content (AvgIpc) is 2.83. The first-order valence-corrected chi connectivity index (χ1v) is 10.1. The summed E-state index contributed by atoms with van der Waals surface area (Å²) >= 11 is 0. The lowest BCUT2D eigenvalue weighted by molar-refractivity contribution is -0.385. The first-order chi connectivity index (χ1) is 16.3. The molecule has 0 aliphatic carbocycles. The first-order valence-electron chi connectivity index (χ1n) is 10.1. The number of nitrogens with zero attached hydrogens (tertiary/aromatic N) is 3. The second-order valence-corrected chi connectivity index (χ2v) is 7.53. The normalized spacial score (nSPS) is 21.7. The highest BCUT2D eigenvalue weighted by molar-refractivity contribution is 5.94. The van der Waals surface area contributed by atoms with Crippen molar-refractivity contribution in [2.75, 3.05) is 26.6 Å². The number of fused-ring (bicyclic) bond motifs is 1. The molecule has 180 valence electrons. The van der Waals surface area contributed by atoms with E-state index in [1.165, 1.54) is 32.4 Å². The van der Waals surface area contributed by atoms with Gasteiger partial charge in [0.15, 0.2) is 18.1 Å². The highest BCUT2D eigenvalue weighted by atomic mass is 16.7. The number of hydrogen-bond donors (Lipinski definition) is 3. The van der Waals surface area contributed by atoms with E-state index in [0.29, 0.717) is 11.4 Å². The quantitative estimate of drug-likeness (QED) is 0.104. The molecule has 1 aliphatic heterocycles. The van der Waals surface area contributed by atoms with Crippen molar-refractivity contribution in [3.63, 3.8) is 0 Å². The number of aliphatic hydroxyl groups is 1. The van der Waals surface area contributed by atoms with Gasteiger partial charge in [0.05, 0.1) is 12.0 Å². The van der Waals surface area contributed by atoms with Gasteiger partial charge in [-0.1, -0.05) is 0 Å². The molecule has 0 saturated heterocycles. The number of nitro benzene ring substituents is 1. The summed E-state index contributed by atoms with van der Waals surface area (Å²) in [6.45, 7) is 1.58. The summed E-state index contributed by atoms with van der Waals surface area (Å²) in [6.07, 6.45) is -0.574. The Balaban J connectivity index is 2.10. The maximum atomic E-state index is 11.4. The monoisotopic (exact) mass is 471 g/mol. The number of rotatable bonds is 7. The minimum Gasteiger partial charge on any atom is -0.497 e. The van der Waals surface area contributed by atoms with Gasteiger partial charge in [-0.05, 0) is 37.3 Å². The molecule has 34 heavy (non-hydrogen) atoms. The maximum Gasteiger partial charge on any atom is 0.270 e. The van der Waals surface area contributed by atoms with Crippen LogP contribution in [0.3, 0.4) is 0 Å². The molecule has 0 fully saturated rings. The lowest BCUT2D eigenvalue weighted by Gasteiger charge is -2.45. The molecule has 0 amide bonds. The number of non-ortho nitro benzene ring substituents is 1. The number of nitrogens with one attached hydrogen (secondary N) is 2. The average molecular weight is 471 g/mol. The van der Waals surface area contributed by atoms with Gasteiger partial charge < -0.3 is 29.4 Å². The molecule has 3 N–H and O–H groups in total. The summed E-state index contributed by atoms with van der Waals surface area (Å²) in [6, 6.07) is 9.76. The molecule has 12 nitrogen and oxygen atoms in total. The number of nitriles is 1. The molecule has 0 bridgehead atoms. The Bertz CT molecular complexity index is 1100. The van der Waals surface area contributed by atoms with Gasteiger partial charge in [-0.2, -0.15) is 5.26 Å². The van der Waals surface area contributed by atoms with Crippen LogP contribution in [0.15, 0.2) is 47.5 Å². The molecule has 2 aromatic rings. The van der Waals surface area contributed by atoms with Crippen LogP contribution in [0.5, 0.6) is 11.5 Å². The third kappa shape index (κ3) is 4.86. The van der Waals surface area contributed by atoms with Crippen molar-refractivity contribution in [1.82, 2.24) is 5.32 Å². The zero-order valence-corrected chi connectivity index (χ0v) is 19.0. The second kappa shape index (κ2) is 10.3. The number of nitro groups is 1. The lowest BCUT2D eigenvalue weighted by Crippen LogP contribution is -2.59. The van der Waals surface area contributed by atoms with Gasteiger partial charge >= 0.3 is 0 Å². The minimum absolute atomic E-state index is 0.00445. The van der Waals surface area contributed by atoms with Crippen molar-refractivity contribution in [3.8, 4) is 17.7 Å².